The van der Waals surface area contributed by atoms with E-state index in [2.05, 4.69) is 27.7 Å². The van der Waals surface area contributed by atoms with Crippen LogP contribution < -0.4 is 0 Å². The summed E-state index contributed by atoms with van der Waals surface area (Å²) < 4.78 is 0. The third kappa shape index (κ3) is 1.59. The van der Waals surface area contributed by atoms with Crippen LogP contribution in [0.2, 0.25) is 0 Å². The number of likely N-dealkylation sites (tertiary alicyclic amines) is 1. The van der Waals surface area contributed by atoms with Crippen molar-refractivity contribution in [3.05, 3.63) is 0 Å². The largest absolute Gasteiger partial charge is 0.342 e. The second-order valence-corrected chi connectivity index (χ2v) is 5.26. The molecule has 2 nitrogen and oxygen atoms in total. The quantitative estimate of drug-likeness (QED) is 0.611. The van der Waals surface area contributed by atoms with E-state index in [4.69, 9.17) is 0 Å². The highest BCUT2D eigenvalue weighted by Crippen LogP contribution is 2.48. The molecule has 0 N–H and O–H groups in total. The van der Waals surface area contributed by atoms with E-state index in [9.17, 15) is 4.79 Å². The molecule has 0 unspecified atom stereocenters. The van der Waals surface area contributed by atoms with Crippen LogP contribution in [0.1, 0.15) is 41.0 Å². The highest BCUT2D eigenvalue weighted by Gasteiger charge is 2.50. The summed E-state index contributed by atoms with van der Waals surface area (Å²) in [6.45, 7) is 12.6. The van der Waals surface area contributed by atoms with Crippen molar-refractivity contribution in [3.63, 3.8) is 0 Å². The predicted molar refractivity (Wildman–Crippen MR) is 54.4 cm³/mol. The van der Waals surface area contributed by atoms with E-state index in [-0.39, 0.29) is 5.91 Å². The van der Waals surface area contributed by atoms with E-state index in [1.54, 1.807) is 6.92 Å². The SMILES string of the molecule is CCC1(C(C)(C)C)CN(C(C)=O)C1. The molecule has 1 aliphatic rings. The summed E-state index contributed by atoms with van der Waals surface area (Å²) in [5.74, 6) is 0.216. The molecule has 76 valence electrons. The molecule has 1 fully saturated rings. The molecule has 0 atom stereocenters. The second-order valence-electron chi connectivity index (χ2n) is 5.26. The van der Waals surface area contributed by atoms with Crippen LogP contribution in [0.15, 0.2) is 0 Å². The lowest BCUT2D eigenvalue weighted by Gasteiger charge is -2.57. The number of rotatable bonds is 1. The number of carbonyl (C=O) groups is 1. The Balaban J connectivity index is 2.66. The van der Waals surface area contributed by atoms with Crippen LogP contribution in [0.5, 0.6) is 0 Å². The molecule has 1 aliphatic heterocycles. The Kier molecular flexibility index (Phi) is 2.44. The summed E-state index contributed by atoms with van der Waals surface area (Å²) in [5, 5.41) is 0. The molecule has 13 heavy (non-hydrogen) atoms. The first kappa shape index (κ1) is 10.6. The van der Waals surface area contributed by atoms with Gasteiger partial charge in [-0.2, -0.15) is 0 Å². The van der Waals surface area contributed by atoms with Gasteiger partial charge in [-0.1, -0.05) is 27.7 Å². The third-order valence-corrected chi connectivity index (χ3v) is 3.70. The Morgan fingerprint density at radius 1 is 1.38 bits per heavy atom. The Hall–Kier alpha value is -0.530. The predicted octanol–water partition coefficient (Wildman–Crippen LogP) is 2.29. The van der Waals surface area contributed by atoms with Crippen LogP contribution in [0.4, 0.5) is 0 Å². The molecule has 1 rings (SSSR count). The molecule has 1 amide bonds. The zero-order valence-electron chi connectivity index (χ0n) is 9.48. The van der Waals surface area contributed by atoms with E-state index in [1.807, 2.05) is 4.90 Å². The molecule has 1 saturated heterocycles. The van der Waals surface area contributed by atoms with Crippen molar-refractivity contribution in [2.24, 2.45) is 10.8 Å². The van der Waals surface area contributed by atoms with Crippen LogP contribution in [0.3, 0.4) is 0 Å². The molecule has 0 aliphatic carbocycles. The lowest BCUT2D eigenvalue weighted by Crippen LogP contribution is -2.63. The van der Waals surface area contributed by atoms with Crippen molar-refractivity contribution in [3.8, 4) is 0 Å². The first-order valence-electron chi connectivity index (χ1n) is 5.08. The highest BCUT2D eigenvalue weighted by molar-refractivity contribution is 5.74. The fourth-order valence-corrected chi connectivity index (χ4v) is 2.14. The molecular weight excluding hydrogens is 162 g/mol. The fraction of sp³-hybridized carbons (Fsp3) is 0.909. The fourth-order valence-electron chi connectivity index (χ4n) is 2.14. The van der Waals surface area contributed by atoms with Gasteiger partial charge in [0.2, 0.25) is 5.91 Å². The highest BCUT2D eigenvalue weighted by atomic mass is 16.2. The molecule has 0 aromatic carbocycles. The Morgan fingerprint density at radius 3 is 2.08 bits per heavy atom. The minimum absolute atomic E-state index is 0.216. The normalized spacial score (nSPS) is 21.2. The van der Waals surface area contributed by atoms with Gasteiger partial charge >= 0.3 is 0 Å². The monoisotopic (exact) mass is 183 g/mol. The lowest BCUT2D eigenvalue weighted by atomic mass is 9.60. The van der Waals surface area contributed by atoms with Gasteiger partial charge in [-0.15, -0.1) is 0 Å². The average molecular weight is 183 g/mol. The minimum Gasteiger partial charge on any atom is -0.342 e. The summed E-state index contributed by atoms with van der Waals surface area (Å²) in [5.41, 5.74) is 0.673. The van der Waals surface area contributed by atoms with Gasteiger partial charge in [-0.3, -0.25) is 4.79 Å². The molecule has 0 aromatic heterocycles. The van der Waals surface area contributed by atoms with Gasteiger partial charge in [0.15, 0.2) is 0 Å². The van der Waals surface area contributed by atoms with Crippen LogP contribution in [-0.4, -0.2) is 23.9 Å². The number of amides is 1. The molecule has 1 heterocycles. The number of hydrogen-bond donors (Lipinski definition) is 0. The van der Waals surface area contributed by atoms with Crippen LogP contribution in [0, 0.1) is 10.8 Å². The minimum atomic E-state index is 0.216. The number of nitrogens with zero attached hydrogens (tertiary/aromatic N) is 1. The van der Waals surface area contributed by atoms with Crippen LogP contribution >= 0.6 is 0 Å². The standard InChI is InChI=1S/C11H21NO/c1-6-11(10(3,4)5)7-12(8-11)9(2)13/h6-8H2,1-5H3. The van der Waals surface area contributed by atoms with Gasteiger partial charge in [0, 0.05) is 25.4 Å². The molecule has 0 radical (unpaired) electrons. The average Bonchev–Trinajstić information content (AvgIpc) is 1.81. The maximum Gasteiger partial charge on any atom is 0.219 e. The van der Waals surface area contributed by atoms with Crippen molar-refractivity contribution in [1.82, 2.24) is 4.90 Å². The summed E-state index contributed by atoms with van der Waals surface area (Å²) in [6.07, 6.45) is 1.17. The summed E-state index contributed by atoms with van der Waals surface area (Å²) >= 11 is 0. The molecule has 0 spiro atoms. The zero-order valence-corrected chi connectivity index (χ0v) is 9.48. The van der Waals surface area contributed by atoms with E-state index in [0.29, 0.717) is 10.8 Å². The van der Waals surface area contributed by atoms with E-state index >= 15 is 0 Å². The maximum atomic E-state index is 11.1. The van der Waals surface area contributed by atoms with Crippen molar-refractivity contribution in [2.75, 3.05) is 13.1 Å². The van der Waals surface area contributed by atoms with Gasteiger partial charge in [0.05, 0.1) is 0 Å². The van der Waals surface area contributed by atoms with Crippen molar-refractivity contribution >= 4 is 5.91 Å². The van der Waals surface area contributed by atoms with E-state index < -0.39 is 0 Å². The van der Waals surface area contributed by atoms with Gasteiger partial charge in [0.1, 0.15) is 0 Å². The second kappa shape index (κ2) is 3.00. The zero-order chi connectivity index (χ0) is 10.3. The molecular formula is C11H21NO. The van der Waals surface area contributed by atoms with E-state index in [1.165, 1.54) is 6.42 Å². The summed E-state index contributed by atoms with van der Waals surface area (Å²) in [7, 11) is 0. The van der Waals surface area contributed by atoms with Crippen molar-refractivity contribution in [1.29, 1.82) is 0 Å². The Morgan fingerprint density at radius 2 is 1.85 bits per heavy atom. The summed E-state index contributed by atoms with van der Waals surface area (Å²) in [4.78, 5) is 13.0. The molecule has 0 bridgehead atoms. The first-order chi connectivity index (χ1) is 5.82. The topological polar surface area (TPSA) is 20.3 Å². The van der Waals surface area contributed by atoms with Crippen molar-refractivity contribution in [2.45, 2.75) is 41.0 Å². The smallest absolute Gasteiger partial charge is 0.219 e. The summed E-state index contributed by atoms with van der Waals surface area (Å²) in [6, 6.07) is 0. The van der Waals surface area contributed by atoms with E-state index in [0.717, 1.165) is 13.1 Å². The third-order valence-electron chi connectivity index (χ3n) is 3.70. The number of hydrogen-bond acceptors (Lipinski definition) is 1. The number of carbonyl (C=O) groups excluding carboxylic acids is 1. The molecule has 0 saturated carbocycles. The van der Waals surface area contributed by atoms with Crippen LogP contribution in [-0.2, 0) is 4.79 Å². The Bertz CT molecular complexity index is 209. The lowest BCUT2D eigenvalue weighted by molar-refractivity contribution is -0.150. The van der Waals surface area contributed by atoms with Gasteiger partial charge in [0.25, 0.3) is 0 Å². The van der Waals surface area contributed by atoms with Gasteiger partial charge < -0.3 is 4.90 Å². The maximum absolute atomic E-state index is 11.1. The van der Waals surface area contributed by atoms with Gasteiger partial charge in [-0.05, 0) is 11.8 Å². The van der Waals surface area contributed by atoms with Crippen molar-refractivity contribution < 1.29 is 4.79 Å². The first-order valence-corrected chi connectivity index (χ1v) is 5.08. The Labute approximate surface area is 81.3 Å². The van der Waals surface area contributed by atoms with Crippen LogP contribution in [0.25, 0.3) is 0 Å². The van der Waals surface area contributed by atoms with Gasteiger partial charge in [-0.25, -0.2) is 0 Å². The molecule has 2 heteroatoms. The molecule has 0 aromatic rings.